The largest absolute Gasteiger partial charge is 0.507 e. The number of aromatic hydroxyl groups is 1. The monoisotopic (exact) mass is 381 g/mol. The first kappa shape index (κ1) is 20.4. The lowest BCUT2D eigenvalue weighted by molar-refractivity contribution is -0.0863. The summed E-state index contributed by atoms with van der Waals surface area (Å²) >= 11 is 0. The van der Waals surface area contributed by atoms with Gasteiger partial charge in [0.1, 0.15) is 11.4 Å². The summed E-state index contributed by atoms with van der Waals surface area (Å²) in [5.41, 5.74) is 1.34. The van der Waals surface area contributed by atoms with Gasteiger partial charge in [-0.25, -0.2) is 0 Å². The van der Waals surface area contributed by atoms with Crippen molar-refractivity contribution in [3.05, 3.63) is 64.7 Å². The van der Waals surface area contributed by atoms with E-state index in [0.29, 0.717) is 5.56 Å². The fraction of sp³-hybridized carbons (Fsp3) is 0.458. The van der Waals surface area contributed by atoms with Crippen LogP contribution in [-0.2, 0) is 16.4 Å². The average Bonchev–Trinajstić information content (AvgIpc) is 2.57. The van der Waals surface area contributed by atoms with Crippen LogP contribution in [0.2, 0.25) is 0 Å². The molecule has 4 heteroatoms. The second kappa shape index (κ2) is 6.63. The Morgan fingerprint density at radius 2 is 1.39 bits per heavy atom. The third-order valence-corrected chi connectivity index (χ3v) is 5.48. The highest BCUT2D eigenvalue weighted by Crippen LogP contribution is 2.41. The van der Waals surface area contributed by atoms with Crippen LogP contribution in [0.15, 0.2) is 42.5 Å². The Labute approximate surface area is 167 Å². The lowest BCUT2D eigenvalue weighted by atomic mass is 9.78. The van der Waals surface area contributed by atoms with Crippen molar-refractivity contribution in [2.24, 2.45) is 0 Å². The fourth-order valence-electron chi connectivity index (χ4n) is 3.74. The molecule has 2 aromatic carbocycles. The van der Waals surface area contributed by atoms with Gasteiger partial charge in [0.2, 0.25) is 0 Å². The van der Waals surface area contributed by atoms with Crippen molar-refractivity contribution < 1.29 is 15.0 Å². The summed E-state index contributed by atoms with van der Waals surface area (Å²) in [6.45, 7) is 12.7. The molecule has 0 aromatic heterocycles. The number of hydrogen-bond acceptors (Lipinski definition) is 3. The number of nitrogens with zero attached hydrogens (tertiary/aromatic N) is 1. The van der Waals surface area contributed by atoms with Crippen molar-refractivity contribution in [2.45, 2.75) is 58.0 Å². The summed E-state index contributed by atoms with van der Waals surface area (Å²) < 4.78 is 0. The maximum atomic E-state index is 13.1. The van der Waals surface area contributed by atoms with Gasteiger partial charge in [0.15, 0.2) is 0 Å². The molecular weight excluding hydrogens is 350 g/mol. The molecule has 1 fully saturated rings. The molecule has 0 unspecified atom stereocenters. The smallest absolute Gasteiger partial charge is 0.254 e. The number of carbonyl (C=O) groups excluding carboxylic acids is 1. The van der Waals surface area contributed by atoms with E-state index in [2.05, 4.69) is 0 Å². The minimum absolute atomic E-state index is 0.114. The van der Waals surface area contributed by atoms with E-state index in [4.69, 9.17) is 0 Å². The van der Waals surface area contributed by atoms with Gasteiger partial charge in [-0.05, 0) is 28.5 Å². The van der Waals surface area contributed by atoms with Crippen LogP contribution in [-0.4, -0.2) is 34.1 Å². The molecule has 2 N–H and O–H groups in total. The lowest BCUT2D eigenvalue weighted by Gasteiger charge is -2.47. The number of amides is 1. The average molecular weight is 382 g/mol. The molecule has 28 heavy (non-hydrogen) atoms. The normalized spacial score (nSPS) is 16.6. The number of carbonyl (C=O) groups is 1. The highest BCUT2D eigenvalue weighted by Gasteiger charge is 2.45. The molecule has 1 saturated heterocycles. The zero-order chi connectivity index (χ0) is 20.9. The molecule has 0 saturated carbocycles. The molecule has 0 bridgehead atoms. The summed E-state index contributed by atoms with van der Waals surface area (Å²) in [5.74, 6) is 0.151. The second-order valence-electron chi connectivity index (χ2n) is 9.98. The van der Waals surface area contributed by atoms with E-state index >= 15 is 0 Å². The quantitative estimate of drug-likeness (QED) is 0.814. The van der Waals surface area contributed by atoms with Gasteiger partial charge in [0.05, 0.1) is 13.1 Å². The van der Waals surface area contributed by atoms with E-state index in [1.165, 1.54) is 0 Å². The number of benzene rings is 2. The first-order valence-electron chi connectivity index (χ1n) is 9.78. The van der Waals surface area contributed by atoms with Crippen molar-refractivity contribution >= 4 is 5.91 Å². The molecule has 0 spiro atoms. The highest BCUT2D eigenvalue weighted by molar-refractivity contribution is 5.96. The summed E-state index contributed by atoms with van der Waals surface area (Å²) in [4.78, 5) is 14.8. The molecule has 4 nitrogen and oxygen atoms in total. The number of likely N-dealkylation sites (tertiary alicyclic amines) is 1. The van der Waals surface area contributed by atoms with Crippen LogP contribution in [0.1, 0.15) is 68.6 Å². The summed E-state index contributed by atoms with van der Waals surface area (Å²) in [6.07, 6.45) is 0. The van der Waals surface area contributed by atoms with E-state index in [0.717, 1.165) is 16.7 Å². The number of hydrogen-bond donors (Lipinski definition) is 2. The van der Waals surface area contributed by atoms with Crippen LogP contribution in [0, 0.1) is 0 Å². The van der Waals surface area contributed by atoms with E-state index < -0.39 is 5.60 Å². The van der Waals surface area contributed by atoms with E-state index in [1.807, 2.05) is 71.9 Å². The molecule has 3 rings (SSSR count). The predicted molar refractivity (Wildman–Crippen MR) is 112 cm³/mol. The SMILES string of the molecule is CC(C)(C)c1cc(C(=O)N2CC(O)(c3ccccc3)C2)cc(C(C)(C)C)c1O. The van der Waals surface area contributed by atoms with Crippen LogP contribution in [0.5, 0.6) is 5.75 Å². The molecule has 1 amide bonds. The van der Waals surface area contributed by atoms with Gasteiger partial charge in [-0.3, -0.25) is 4.79 Å². The topological polar surface area (TPSA) is 60.8 Å². The lowest BCUT2D eigenvalue weighted by Crippen LogP contribution is -2.61. The van der Waals surface area contributed by atoms with Gasteiger partial charge in [0.25, 0.3) is 5.91 Å². The molecule has 1 aliphatic heterocycles. The Morgan fingerprint density at radius 3 is 1.82 bits per heavy atom. The van der Waals surface area contributed by atoms with Gasteiger partial charge >= 0.3 is 0 Å². The number of aliphatic hydroxyl groups is 1. The number of β-amino-alcohol motifs (C(OH)–C–C–N with tert-alkyl or cyclic N) is 1. The zero-order valence-electron chi connectivity index (χ0n) is 17.7. The van der Waals surface area contributed by atoms with Crippen molar-refractivity contribution in [1.29, 1.82) is 0 Å². The van der Waals surface area contributed by atoms with Gasteiger partial charge in [-0.2, -0.15) is 0 Å². The fourth-order valence-corrected chi connectivity index (χ4v) is 3.74. The van der Waals surface area contributed by atoms with Crippen LogP contribution in [0.4, 0.5) is 0 Å². The van der Waals surface area contributed by atoms with Crippen LogP contribution in [0.25, 0.3) is 0 Å². The van der Waals surface area contributed by atoms with Crippen molar-refractivity contribution in [2.75, 3.05) is 13.1 Å². The molecule has 0 atom stereocenters. The minimum Gasteiger partial charge on any atom is -0.507 e. The Hall–Kier alpha value is -2.33. The molecular formula is C24H31NO3. The van der Waals surface area contributed by atoms with E-state index in [-0.39, 0.29) is 35.6 Å². The van der Waals surface area contributed by atoms with Gasteiger partial charge in [0, 0.05) is 16.7 Å². The van der Waals surface area contributed by atoms with E-state index in [1.54, 1.807) is 17.0 Å². The molecule has 0 aliphatic carbocycles. The number of phenolic OH excluding ortho intramolecular Hbond substituents is 1. The molecule has 0 radical (unpaired) electrons. The summed E-state index contributed by atoms with van der Waals surface area (Å²) in [5, 5.41) is 21.7. The molecule has 1 aliphatic rings. The maximum absolute atomic E-state index is 13.1. The first-order chi connectivity index (χ1) is 12.8. The van der Waals surface area contributed by atoms with E-state index in [9.17, 15) is 15.0 Å². The summed E-state index contributed by atoms with van der Waals surface area (Å²) in [6, 6.07) is 13.1. The Bertz CT molecular complexity index is 847. The molecule has 150 valence electrons. The van der Waals surface area contributed by atoms with Crippen molar-refractivity contribution in [3.63, 3.8) is 0 Å². The number of rotatable bonds is 2. The Balaban J connectivity index is 1.93. The van der Waals surface area contributed by atoms with Crippen LogP contribution >= 0.6 is 0 Å². The highest BCUT2D eigenvalue weighted by atomic mass is 16.3. The first-order valence-corrected chi connectivity index (χ1v) is 9.78. The van der Waals surface area contributed by atoms with Gasteiger partial charge in [-0.1, -0.05) is 71.9 Å². The predicted octanol–water partition coefficient (Wildman–Crippen LogP) is 4.33. The van der Waals surface area contributed by atoms with Gasteiger partial charge in [-0.15, -0.1) is 0 Å². The third kappa shape index (κ3) is 3.66. The Morgan fingerprint density at radius 1 is 0.929 bits per heavy atom. The van der Waals surface area contributed by atoms with Gasteiger partial charge < -0.3 is 15.1 Å². The maximum Gasteiger partial charge on any atom is 0.254 e. The summed E-state index contributed by atoms with van der Waals surface area (Å²) in [7, 11) is 0. The number of phenols is 1. The van der Waals surface area contributed by atoms with Crippen molar-refractivity contribution in [3.8, 4) is 5.75 Å². The minimum atomic E-state index is -0.993. The molecule has 1 heterocycles. The van der Waals surface area contributed by atoms with Crippen LogP contribution < -0.4 is 0 Å². The standard InChI is InChI=1S/C24H31NO3/c1-22(2,3)18-12-16(13-19(20(18)26)23(4,5)6)21(27)25-14-24(28,15-25)17-10-8-7-9-11-17/h7-13,26,28H,14-15H2,1-6H3. The molecule has 2 aromatic rings. The van der Waals surface area contributed by atoms with Crippen molar-refractivity contribution in [1.82, 2.24) is 4.90 Å². The van der Waals surface area contributed by atoms with Crippen LogP contribution in [0.3, 0.4) is 0 Å². The second-order valence-corrected chi connectivity index (χ2v) is 9.98. The Kier molecular flexibility index (Phi) is 4.83. The third-order valence-electron chi connectivity index (χ3n) is 5.48. The zero-order valence-corrected chi connectivity index (χ0v) is 17.7.